The van der Waals surface area contributed by atoms with E-state index in [0.717, 1.165) is 42.0 Å². The summed E-state index contributed by atoms with van der Waals surface area (Å²) in [4.78, 5) is 30.2. The molecule has 1 N–H and O–H groups in total. The average Bonchev–Trinajstić information content (AvgIpc) is 3.13. The van der Waals surface area contributed by atoms with E-state index in [0.29, 0.717) is 5.75 Å². The van der Waals surface area contributed by atoms with Crippen molar-refractivity contribution in [2.75, 3.05) is 25.1 Å². The number of benzene rings is 4. The average molecular weight is 688 g/mol. The summed E-state index contributed by atoms with van der Waals surface area (Å²) >= 11 is 0. The Labute approximate surface area is 287 Å². The summed E-state index contributed by atoms with van der Waals surface area (Å²) in [6.07, 6.45) is 4.87. The molecule has 258 valence electrons. The molecule has 4 aromatic rings. The third-order valence-corrected chi connectivity index (χ3v) is 10.6. The van der Waals surface area contributed by atoms with Crippen LogP contribution in [0, 0.1) is 5.82 Å². The zero-order chi connectivity index (χ0) is 34.8. The molecule has 5 rings (SSSR count). The Hall–Kier alpha value is -4.90. The molecule has 4 aromatic carbocycles. The maximum absolute atomic E-state index is 15.2. The van der Waals surface area contributed by atoms with Crippen LogP contribution in [0.4, 0.5) is 10.1 Å². The molecule has 0 spiro atoms. The van der Waals surface area contributed by atoms with Gasteiger partial charge in [-0.15, -0.1) is 0 Å². The fourth-order valence-electron chi connectivity index (χ4n) is 6.14. The predicted molar refractivity (Wildman–Crippen MR) is 186 cm³/mol. The third-order valence-electron chi connectivity index (χ3n) is 8.79. The van der Waals surface area contributed by atoms with E-state index in [2.05, 4.69) is 5.32 Å². The van der Waals surface area contributed by atoms with Crippen LogP contribution < -0.4 is 19.1 Å². The lowest BCUT2D eigenvalue weighted by molar-refractivity contribution is -0.140. The number of amides is 2. The molecule has 1 aliphatic carbocycles. The number of carbonyl (C=O) groups is 2. The van der Waals surface area contributed by atoms with E-state index >= 15 is 4.39 Å². The number of hydrogen-bond acceptors (Lipinski definition) is 6. The Bertz CT molecular complexity index is 1820. The maximum atomic E-state index is 15.2. The lowest BCUT2D eigenvalue weighted by Gasteiger charge is -2.35. The van der Waals surface area contributed by atoms with Gasteiger partial charge in [0.05, 0.1) is 24.8 Å². The second kappa shape index (κ2) is 16.5. The molecule has 0 unspecified atom stereocenters. The van der Waals surface area contributed by atoms with Gasteiger partial charge in [-0.05, 0) is 48.7 Å². The minimum Gasteiger partial charge on any atom is -0.493 e. The Balaban J connectivity index is 1.59. The molecule has 0 radical (unpaired) electrons. The van der Waals surface area contributed by atoms with Crippen LogP contribution >= 0.6 is 0 Å². The molecule has 0 heterocycles. The summed E-state index contributed by atoms with van der Waals surface area (Å²) in [5.41, 5.74) is 1.14. The molecule has 49 heavy (non-hydrogen) atoms. The third kappa shape index (κ3) is 8.77. The van der Waals surface area contributed by atoms with Crippen molar-refractivity contribution in [3.05, 3.63) is 120 Å². The number of carbonyl (C=O) groups excluding carboxylic acids is 2. The monoisotopic (exact) mass is 687 g/mol. The summed E-state index contributed by atoms with van der Waals surface area (Å²) in [5, 5.41) is 3.15. The van der Waals surface area contributed by atoms with Gasteiger partial charge in [0.2, 0.25) is 11.8 Å². The Morgan fingerprint density at radius 2 is 1.47 bits per heavy atom. The molecule has 0 saturated heterocycles. The van der Waals surface area contributed by atoms with Crippen LogP contribution in [0.15, 0.2) is 108 Å². The molecule has 9 nitrogen and oxygen atoms in total. The number of sulfonamides is 1. The molecule has 11 heteroatoms. The summed E-state index contributed by atoms with van der Waals surface area (Å²) in [6.45, 7) is -0.935. The second-order valence-corrected chi connectivity index (χ2v) is 13.9. The molecule has 2 amide bonds. The highest BCUT2D eigenvalue weighted by Gasteiger charge is 2.36. The highest BCUT2D eigenvalue weighted by Crippen LogP contribution is 2.34. The molecule has 0 aromatic heterocycles. The van der Waals surface area contributed by atoms with Crippen molar-refractivity contribution in [3.63, 3.8) is 0 Å². The topological polar surface area (TPSA) is 105 Å². The van der Waals surface area contributed by atoms with Gasteiger partial charge in [0.1, 0.15) is 18.4 Å². The zero-order valence-corrected chi connectivity index (χ0v) is 28.6. The molecule has 0 aliphatic heterocycles. The number of methoxy groups -OCH3 is 2. The van der Waals surface area contributed by atoms with Gasteiger partial charge in [-0.2, -0.15) is 0 Å². The second-order valence-electron chi connectivity index (χ2n) is 12.0. The first-order chi connectivity index (χ1) is 23.7. The molecule has 1 aliphatic rings. The molecule has 0 bridgehead atoms. The van der Waals surface area contributed by atoms with Crippen LogP contribution in [0.1, 0.15) is 43.2 Å². The molecule has 1 atom stereocenters. The number of rotatable bonds is 14. The largest absolute Gasteiger partial charge is 0.493 e. The first kappa shape index (κ1) is 35.4. The van der Waals surface area contributed by atoms with Crippen LogP contribution in [0.2, 0.25) is 0 Å². The Kier molecular flexibility index (Phi) is 11.9. The first-order valence-electron chi connectivity index (χ1n) is 16.4. The number of anilines is 1. The van der Waals surface area contributed by atoms with Gasteiger partial charge in [0.15, 0.2) is 11.5 Å². The fourth-order valence-corrected chi connectivity index (χ4v) is 7.56. The summed E-state index contributed by atoms with van der Waals surface area (Å²) in [7, 11) is -1.43. The highest BCUT2D eigenvalue weighted by molar-refractivity contribution is 7.92. The maximum Gasteiger partial charge on any atom is 0.264 e. The quantitative estimate of drug-likeness (QED) is 0.171. The van der Waals surface area contributed by atoms with Crippen molar-refractivity contribution in [3.8, 4) is 11.5 Å². The van der Waals surface area contributed by atoms with Crippen LogP contribution in [-0.2, 0) is 32.6 Å². The molecule has 1 saturated carbocycles. The molecular weight excluding hydrogens is 645 g/mol. The summed E-state index contributed by atoms with van der Waals surface area (Å²) < 4.78 is 55.5. The van der Waals surface area contributed by atoms with E-state index in [1.807, 2.05) is 30.3 Å². The highest BCUT2D eigenvalue weighted by atomic mass is 32.2. The number of nitrogens with one attached hydrogen (secondary N) is 1. The molecule has 1 fully saturated rings. The zero-order valence-electron chi connectivity index (χ0n) is 27.8. The van der Waals surface area contributed by atoms with Crippen LogP contribution in [-0.4, -0.2) is 58.0 Å². The van der Waals surface area contributed by atoms with Gasteiger partial charge >= 0.3 is 0 Å². The number of ether oxygens (including phenoxy) is 2. The number of halogens is 1. The van der Waals surface area contributed by atoms with Crippen molar-refractivity contribution in [2.45, 2.75) is 62.0 Å². The van der Waals surface area contributed by atoms with Gasteiger partial charge in [0.25, 0.3) is 10.0 Å². The van der Waals surface area contributed by atoms with Crippen LogP contribution in [0.5, 0.6) is 11.5 Å². The van der Waals surface area contributed by atoms with Crippen molar-refractivity contribution in [1.29, 1.82) is 0 Å². The van der Waals surface area contributed by atoms with E-state index in [1.165, 1.54) is 49.5 Å². The lowest BCUT2D eigenvalue weighted by atomic mass is 9.94. The van der Waals surface area contributed by atoms with Gasteiger partial charge < -0.3 is 19.7 Å². The standard InChI is InChI=1S/C38H42FN3O6S/c1-47-35-23-22-31(25-36(35)48-2)42(49(45,46)32-19-10-5-11-20-32)27-37(43)41(26-29-16-12-13-21-33(29)39)34(24-28-14-6-3-7-15-28)38(44)40-30-17-8-4-9-18-30/h3,5-7,10-16,19-23,25,30,34H,4,8-9,17-18,24,26-27H2,1-2H3,(H,40,44)/t34-/m1/s1. The van der Waals surface area contributed by atoms with E-state index in [-0.39, 0.29) is 46.8 Å². The summed E-state index contributed by atoms with van der Waals surface area (Å²) in [6, 6.07) is 26.5. The smallest absolute Gasteiger partial charge is 0.264 e. The fraction of sp³-hybridized carbons (Fsp3) is 0.316. The van der Waals surface area contributed by atoms with E-state index in [1.54, 1.807) is 42.5 Å². The predicted octanol–water partition coefficient (Wildman–Crippen LogP) is 6.13. The Morgan fingerprint density at radius 3 is 2.12 bits per heavy atom. The van der Waals surface area contributed by atoms with Gasteiger partial charge in [-0.3, -0.25) is 13.9 Å². The van der Waals surface area contributed by atoms with Crippen molar-refractivity contribution < 1.29 is 31.9 Å². The van der Waals surface area contributed by atoms with Gasteiger partial charge in [-0.1, -0.05) is 86.0 Å². The van der Waals surface area contributed by atoms with Crippen molar-refractivity contribution in [2.24, 2.45) is 0 Å². The van der Waals surface area contributed by atoms with Gasteiger partial charge in [-0.25, -0.2) is 12.8 Å². The number of nitrogens with zero attached hydrogens (tertiary/aromatic N) is 2. The first-order valence-corrected chi connectivity index (χ1v) is 17.8. The SMILES string of the molecule is COc1ccc(N(CC(=O)N(Cc2ccccc2F)[C@H](Cc2ccccc2)C(=O)NC2CCCCC2)S(=O)(=O)c2ccccc2)cc1OC. The van der Waals surface area contributed by atoms with E-state index in [4.69, 9.17) is 9.47 Å². The molecular formula is C38H42FN3O6S. The Morgan fingerprint density at radius 1 is 0.837 bits per heavy atom. The van der Waals surface area contributed by atoms with E-state index in [9.17, 15) is 18.0 Å². The van der Waals surface area contributed by atoms with Crippen LogP contribution in [0.25, 0.3) is 0 Å². The van der Waals surface area contributed by atoms with Crippen molar-refractivity contribution in [1.82, 2.24) is 10.2 Å². The van der Waals surface area contributed by atoms with E-state index < -0.39 is 34.3 Å². The minimum absolute atomic E-state index is 0.0332. The van der Waals surface area contributed by atoms with Gasteiger partial charge in [0, 0.05) is 30.6 Å². The normalized spacial score (nSPS) is 14.0. The minimum atomic E-state index is -4.32. The lowest BCUT2D eigenvalue weighted by Crippen LogP contribution is -2.55. The summed E-state index contributed by atoms with van der Waals surface area (Å²) in [5.74, 6) is -0.961. The number of hydrogen-bond donors (Lipinski definition) is 1. The van der Waals surface area contributed by atoms with Crippen molar-refractivity contribution >= 4 is 27.5 Å². The van der Waals surface area contributed by atoms with Crippen LogP contribution in [0.3, 0.4) is 0 Å².